The van der Waals surface area contributed by atoms with E-state index in [0.29, 0.717) is 0 Å². The Morgan fingerprint density at radius 3 is 2.71 bits per heavy atom. The lowest BCUT2D eigenvalue weighted by Crippen LogP contribution is -2.29. The Kier molecular flexibility index (Phi) is 6.39. The van der Waals surface area contributed by atoms with Crippen LogP contribution in [0.4, 0.5) is 0 Å². The van der Waals surface area contributed by atoms with Crippen molar-refractivity contribution in [2.45, 2.75) is 13.0 Å². The summed E-state index contributed by atoms with van der Waals surface area (Å²) < 4.78 is 9.64. The Hall–Kier alpha value is -1.36. The molecule has 14 heavy (non-hydrogen) atoms. The molecule has 0 spiro atoms. The van der Waals surface area contributed by atoms with Crippen molar-refractivity contribution in [1.82, 2.24) is 5.32 Å². The number of amides is 1. The van der Waals surface area contributed by atoms with Gasteiger partial charge in [-0.3, -0.25) is 4.79 Å². The van der Waals surface area contributed by atoms with Gasteiger partial charge in [-0.2, -0.15) is 0 Å². The second kappa shape index (κ2) is 7.08. The molecule has 0 aliphatic rings. The number of hydrogen-bond acceptors (Lipinski definition) is 4. The van der Waals surface area contributed by atoms with Gasteiger partial charge in [0.25, 0.3) is 5.91 Å². The highest BCUT2D eigenvalue weighted by molar-refractivity contribution is 5.81. The first-order valence-corrected chi connectivity index (χ1v) is 4.21. The lowest BCUT2D eigenvalue weighted by atomic mass is 10.4. The molecular formula is C9H15NO4. The molecule has 0 aromatic heterocycles. The van der Waals surface area contributed by atoms with Crippen LogP contribution >= 0.6 is 0 Å². The summed E-state index contributed by atoms with van der Waals surface area (Å²) in [5.74, 6) is -0.912. The van der Waals surface area contributed by atoms with Gasteiger partial charge in [0.15, 0.2) is 12.7 Å². The van der Waals surface area contributed by atoms with Crippen molar-refractivity contribution in [3.8, 4) is 0 Å². The van der Waals surface area contributed by atoms with E-state index >= 15 is 0 Å². The number of carbonyl (C=O) groups is 2. The average molecular weight is 201 g/mol. The van der Waals surface area contributed by atoms with Gasteiger partial charge < -0.3 is 14.8 Å². The van der Waals surface area contributed by atoms with Gasteiger partial charge >= 0.3 is 5.97 Å². The highest BCUT2D eigenvalue weighted by atomic mass is 16.6. The van der Waals surface area contributed by atoms with Gasteiger partial charge in [0.05, 0.1) is 6.61 Å². The lowest BCUT2D eigenvalue weighted by Gasteiger charge is -2.10. The second-order valence-corrected chi connectivity index (χ2v) is 2.55. The smallest absolute Gasteiger partial charge is 0.335 e. The van der Waals surface area contributed by atoms with E-state index in [1.807, 2.05) is 0 Å². The number of esters is 1. The van der Waals surface area contributed by atoms with Crippen LogP contribution in [-0.4, -0.2) is 38.2 Å². The predicted molar refractivity (Wildman–Crippen MR) is 50.6 cm³/mol. The Morgan fingerprint density at radius 2 is 2.21 bits per heavy atom. The molecule has 0 aromatic carbocycles. The molecule has 0 aliphatic carbocycles. The van der Waals surface area contributed by atoms with Gasteiger partial charge in [-0.1, -0.05) is 6.08 Å². The minimum Gasteiger partial charge on any atom is -0.454 e. The van der Waals surface area contributed by atoms with Crippen LogP contribution in [0, 0.1) is 0 Å². The summed E-state index contributed by atoms with van der Waals surface area (Å²) in [5.41, 5.74) is 0. The van der Waals surface area contributed by atoms with Crippen molar-refractivity contribution in [2.75, 3.05) is 20.3 Å². The third kappa shape index (κ3) is 5.31. The van der Waals surface area contributed by atoms with Gasteiger partial charge in [0.2, 0.25) is 0 Å². The fraction of sp³-hybridized carbons (Fsp3) is 0.556. The zero-order valence-corrected chi connectivity index (χ0v) is 8.41. The van der Waals surface area contributed by atoms with E-state index in [2.05, 4.69) is 16.6 Å². The van der Waals surface area contributed by atoms with E-state index in [-0.39, 0.29) is 19.1 Å². The van der Waals surface area contributed by atoms with Crippen LogP contribution in [0.2, 0.25) is 0 Å². The molecule has 0 heterocycles. The van der Waals surface area contributed by atoms with Crippen molar-refractivity contribution in [3.63, 3.8) is 0 Å². The third-order valence-electron chi connectivity index (χ3n) is 1.42. The number of rotatable bonds is 6. The molecule has 5 nitrogen and oxygen atoms in total. The summed E-state index contributed by atoms with van der Waals surface area (Å²) in [4.78, 5) is 21.8. The largest absolute Gasteiger partial charge is 0.454 e. The zero-order chi connectivity index (χ0) is 11.0. The SMILES string of the molecule is C=CCO[C@H](C)C(=O)OCC(=O)NC. The first-order valence-electron chi connectivity index (χ1n) is 4.21. The van der Waals surface area contributed by atoms with Gasteiger partial charge in [-0.15, -0.1) is 6.58 Å². The first-order chi connectivity index (χ1) is 6.61. The third-order valence-corrected chi connectivity index (χ3v) is 1.42. The van der Waals surface area contributed by atoms with Crippen molar-refractivity contribution < 1.29 is 19.1 Å². The molecule has 0 bridgehead atoms. The van der Waals surface area contributed by atoms with Crippen LogP contribution in [0.5, 0.6) is 0 Å². The Balaban J connectivity index is 3.72. The van der Waals surface area contributed by atoms with Gasteiger partial charge in [-0.25, -0.2) is 4.79 Å². The molecule has 0 saturated carbocycles. The average Bonchev–Trinajstić information content (AvgIpc) is 2.21. The first kappa shape index (κ1) is 12.6. The molecule has 0 radical (unpaired) electrons. The minimum atomic E-state index is -0.683. The van der Waals surface area contributed by atoms with Crippen LogP contribution in [-0.2, 0) is 19.1 Å². The number of likely N-dealkylation sites (N-methyl/N-ethyl adjacent to an activating group) is 1. The Bertz CT molecular complexity index is 215. The molecule has 0 aliphatic heterocycles. The van der Waals surface area contributed by atoms with Gasteiger partial charge in [-0.05, 0) is 6.92 Å². The summed E-state index contributed by atoms with van der Waals surface area (Å²) >= 11 is 0. The zero-order valence-electron chi connectivity index (χ0n) is 8.41. The van der Waals surface area contributed by atoms with Crippen molar-refractivity contribution in [2.24, 2.45) is 0 Å². The van der Waals surface area contributed by atoms with Crippen LogP contribution in [0.3, 0.4) is 0 Å². The van der Waals surface area contributed by atoms with E-state index in [9.17, 15) is 9.59 Å². The van der Waals surface area contributed by atoms with Crippen LogP contribution in [0.1, 0.15) is 6.92 Å². The van der Waals surface area contributed by atoms with Gasteiger partial charge in [0, 0.05) is 7.05 Å². The Morgan fingerprint density at radius 1 is 1.57 bits per heavy atom. The molecule has 1 amide bonds. The lowest BCUT2D eigenvalue weighted by molar-refractivity contribution is -0.158. The molecule has 1 N–H and O–H groups in total. The molecule has 5 heteroatoms. The molecule has 0 aromatic rings. The highest BCUT2D eigenvalue weighted by Crippen LogP contribution is 1.94. The molecule has 80 valence electrons. The molecule has 0 fully saturated rings. The van der Waals surface area contributed by atoms with E-state index < -0.39 is 12.1 Å². The summed E-state index contributed by atoms with van der Waals surface area (Å²) in [6.07, 6.45) is 0.848. The molecule has 0 rings (SSSR count). The topological polar surface area (TPSA) is 64.6 Å². The van der Waals surface area contributed by atoms with Crippen molar-refractivity contribution >= 4 is 11.9 Å². The number of hydrogen-bond donors (Lipinski definition) is 1. The van der Waals surface area contributed by atoms with Crippen LogP contribution in [0.15, 0.2) is 12.7 Å². The number of carbonyl (C=O) groups excluding carboxylic acids is 2. The maximum Gasteiger partial charge on any atom is 0.335 e. The normalized spacial score (nSPS) is 11.6. The summed E-state index contributed by atoms with van der Waals surface area (Å²) in [7, 11) is 1.47. The predicted octanol–water partition coefficient (Wildman–Crippen LogP) is -0.133. The summed E-state index contributed by atoms with van der Waals surface area (Å²) in [6.45, 7) is 4.98. The Labute approximate surface area is 83.1 Å². The van der Waals surface area contributed by atoms with E-state index in [0.717, 1.165) is 0 Å². The van der Waals surface area contributed by atoms with E-state index in [1.165, 1.54) is 13.1 Å². The summed E-state index contributed by atoms with van der Waals surface area (Å²) in [6, 6.07) is 0. The molecular weight excluding hydrogens is 186 g/mol. The van der Waals surface area contributed by atoms with E-state index in [4.69, 9.17) is 4.74 Å². The molecule has 1 atom stereocenters. The quantitative estimate of drug-likeness (QED) is 0.480. The second-order valence-electron chi connectivity index (χ2n) is 2.55. The van der Waals surface area contributed by atoms with Crippen molar-refractivity contribution in [1.29, 1.82) is 0 Å². The number of ether oxygens (including phenoxy) is 2. The fourth-order valence-corrected chi connectivity index (χ4v) is 0.607. The van der Waals surface area contributed by atoms with Crippen LogP contribution < -0.4 is 5.32 Å². The fourth-order valence-electron chi connectivity index (χ4n) is 0.607. The standard InChI is InChI=1S/C9H15NO4/c1-4-5-13-7(2)9(12)14-6-8(11)10-3/h4,7H,1,5-6H2,2-3H3,(H,10,11)/t7-/m1/s1. The van der Waals surface area contributed by atoms with Gasteiger partial charge in [0.1, 0.15) is 0 Å². The molecule has 0 saturated heterocycles. The van der Waals surface area contributed by atoms with Crippen molar-refractivity contribution in [3.05, 3.63) is 12.7 Å². The van der Waals surface area contributed by atoms with E-state index in [1.54, 1.807) is 6.92 Å². The number of nitrogens with one attached hydrogen (secondary N) is 1. The van der Waals surface area contributed by atoms with Crippen LogP contribution in [0.25, 0.3) is 0 Å². The summed E-state index contributed by atoms with van der Waals surface area (Å²) in [5, 5.41) is 2.33. The molecule has 0 unspecified atom stereocenters. The maximum absolute atomic E-state index is 11.1. The maximum atomic E-state index is 11.1. The monoisotopic (exact) mass is 201 g/mol. The minimum absolute atomic E-state index is 0.274. The highest BCUT2D eigenvalue weighted by Gasteiger charge is 2.15.